The molecular formula is C16H24ClN3O4S. The van der Waals surface area contributed by atoms with Crippen molar-refractivity contribution in [1.82, 2.24) is 14.9 Å². The Morgan fingerprint density at radius 3 is 2.68 bits per heavy atom. The molecule has 2 bridgehead atoms. The van der Waals surface area contributed by atoms with E-state index in [0.29, 0.717) is 30.7 Å². The molecule has 2 atom stereocenters. The summed E-state index contributed by atoms with van der Waals surface area (Å²) in [6, 6.07) is 5.36. The predicted octanol–water partition coefficient (Wildman–Crippen LogP) is 0.992. The number of carbonyl (C=O) groups excluding carboxylic acids is 1. The SMILES string of the molecule is CNS(=O)(=O)c1cc(C(=O)N2CCC3CCC(C2)N3)ccc1OC.Cl. The first kappa shape index (κ1) is 20.0. The fourth-order valence-electron chi connectivity index (χ4n) is 3.44. The van der Waals surface area contributed by atoms with Gasteiger partial charge in [0.05, 0.1) is 7.11 Å². The van der Waals surface area contributed by atoms with Crippen LogP contribution in [0.4, 0.5) is 0 Å². The van der Waals surface area contributed by atoms with Gasteiger partial charge < -0.3 is 15.0 Å². The molecule has 2 saturated heterocycles. The number of methoxy groups -OCH3 is 1. The van der Waals surface area contributed by atoms with Crippen LogP contribution < -0.4 is 14.8 Å². The zero-order valence-electron chi connectivity index (χ0n) is 14.3. The Kier molecular flexibility index (Phi) is 6.31. The second kappa shape index (κ2) is 7.90. The predicted molar refractivity (Wildman–Crippen MR) is 97.0 cm³/mol. The first-order valence-electron chi connectivity index (χ1n) is 8.11. The molecule has 0 aliphatic carbocycles. The number of sulfonamides is 1. The Bertz CT molecular complexity index is 741. The zero-order valence-corrected chi connectivity index (χ0v) is 16.0. The van der Waals surface area contributed by atoms with E-state index in [1.54, 1.807) is 6.07 Å². The van der Waals surface area contributed by atoms with E-state index in [0.717, 1.165) is 12.8 Å². The number of benzene rings is 1. The van der Waals surface area contributed by atoms with Gasteiger partial charge in [0.2, 0.25) is 10.0 Å². The Labute approximate surface area is 154 Å². The maximum Gasteiger partial charge on any atom is 0.253 e. The summed E-state index contributed by atoms with van der Waals surface area (Å²) in [5.41, 5.74) is 0.363. The number of amides is 1. The molecule has 25 heavy (non-hydrogen) atoms. The molecule has 2 unspecified atom stereocenters. The molecule has 1 amide bonds. The first-order chi connectivity index (χ1) is 11.4. The number of rotatable bonds is 4. The van der Waals surface area contributed by atoms with Gasteiger partial charge in [-0.2, -0.15) is 0 Å². The summed E-state index contributed by atoms with van der Waals surface area (Å²) < 4.78 is 31.7. The average Bonchev–Trinajstić information content (AvgIpc) is 2.92. The van der Waals surface area contributed by atoms with Gasteiger partial charge in [0, 0.05) is 30.7 Å². The molecule has 0 aromatic heterocycles. The lowest BCUT2D eigenvalue weighted by Gasteiger charge is -2.24. The first-order valence-corrected chi connectivity index (χ1v) is 9.60. The van der Waals surface area contributed by atoms with Crippen LogP contribution in [0, 0.1) is 0 Å². The van der Waals surface area contributed by atoms with Crippen molar-refractivity contribution in [2.24, 2.45) is 0 Å². The van der Waals surface area contributed by atoms with Crippen molar-refractivity contribution in [3.05, 3.63) is 23.8 Å². The Balaban J connectivity index is 0.00000225. The molecule has 2 fully saturated rings. The van der Waals surface area contributed by atoms with Gasteiger partial charge in [0.25, 0.3) is 5.91 Å². The number of hydrogen-bond donors (Lipinski definition) is 2. The summed E-state index contributed by atoms with van der Waals surface area (Å²) >= 11 is 0. The second-order valence-electron chi connectivity index (χ2n) is 6.25. The van der Waals surface area contributed by atoms with Gasteiger partial charge in [0.15, 0.2) is 0 Å². The van der Waals surface area contributed by atoms with Gasteiger partial charge >= 0.3 is 0 Å². The maximum atomic E-state index is 12.8. The van der Waals surface area contributed by atoms with E-state index in [4.69, 9.17) is 4.74 Å². The molecule has 0 radical (unpaired) electrons. The third-order valence-corrected chi connectivity index (χ3v) is 6.21. The molecule has 2 N–H and O–H groups in total. The van der Waals surface area contributed by atoms with Gasteiger partial charge in [-0.15, -0.1) is 12.4 Å². The lowest BCUT2D eigenvalue weighted by atomic mass is 10.1. The van der Waals surface area contributed by atoms with Gasteiger partial charge in [0.1, 0.15) is 10.6 Å². The lowest BCUT2D eigenvalue weighted by Crippen LogP contribution is -2.39. The van der Waals surface area contributed by atoms with E-state index >= 15 is 0 Å². The largest absolute Gasteiger partial charge is 0.495 e. The molecular weight excluding hydrogens is 366 g/mol. The third kappa shape index (κ3) is 4.08. The Hall–Kier alpha value is -1.35. The molecule has 2 heterocycles. The van der Waals surface area contributed by atoms with Crippen LogP contribution in [-0.4, -0.2) is 58.6 Å². The number of likely N-dealkylation sites (tertiary alicyclic amines) is 1. The fraction of sp³-hybridized carbons (Fsp3) is 0.562. The minimum absolute atomic E-state index is 0. The summed E-state index contributed by atoms with van der Waals surface area (Å²) in [6.07, 6.45) is 3.18. The highest BCUT2D eigenvalue weighted by molar-refractivity contribution is 7.89. The van der Waals surface area contributed by atoms with Crippen LogP contribution in [0.3, 0.4) is 0 Å². The van der Waals surface area contributed by atoms with E-state index in [-0.39, 0.29) is 29.0 Å². The highest BCUT2D eigenvalue weighted by Crippen LogP contribution is 2.26. The molecule has 0 saturated carbocycles. The molecule has 2 aliphatic rings. The van der Waals surface area contributed by atoms with Gasteiger partial charge in [-0.1, -0.05) is 0 Å². The van der Waals surface area contributed by atoms with Crippen molar-refractivity contribution in [2.75, 3.05) is 27.2 Å². The van der Waals surface area contributed by atoms with Gasteiger partial charge in [-0.3, -0.25) is 4.79 Å². The molecule has 0 spiro atoms. The van der Waals surface area contributed by atoms with Crippen molar-refractivity contribution in [3.63, 3.8) is 0 Å². The van der Waals surface area contributed by atoms with E-state index < -0.39 is 10.0 Å². The number of nitrogens with one attached hydrogen (secondary N) is 2. The molecule has 1 aromatic carbocycles. The minimum atomic E-state index is -3.70. The van der Waals surface area contributed by atoms with E-state index in [1.807, 2.05) is 4.90 Å². The van der Waals surface area contributed by atoms with E-state index in [2.05, 4.69) is 10.0 Å². The summed E-state index contributed by atoms with van der Waals surface area (Å²) in [5.74, 6) is 0.0806. The van der Waals surface area contributed by atoms with Gasteiger partial charge in [-0.05, 0) is 44.5 Å². The van der Waals surface area contributed by atoms with Crippen molar-refractivity contribution in [1.29, 1.82) is 0 Å². The van der Waals surface area contributed by atoms with Crippen LogP contribution in [-0.2, 0) is 10.0 Å². The van der Waals surface area contributed by atoms with Crippen LogP contribution in [0.15, 0.2) is 23.1 Å². The van der Waals surface area contributed by atoms with Crippen molar-refractivity contribution in [2.45, 2.75) is 36.2 Å². The molecule has 7 nitrogen and oxygen atoms in total. The maximum absolute atomic E-state index is 12.8. The van der Waals surface area contributed by atoms with Crippen molar-refractivity contribution < 1.29 is 17.9 Å². The van der Waals surface area contributed by atoms with E-state index in [9.17, 15) is 13.2 Å². The summed E-state index contributed by atoms with van der Waals surface area (Å²) in [5, 5.41) is 3.53. The standard InChI is InChI=1S/C16H23N3O4S.ClH/c1-17-24(21,22)15-9-11(3-6-14(15)23-2)16(20)19-8-7-12-4-5-13(10-19)18-12;/h3,6,9,12-13,17-18H,4-5,7-8,10H2,1-2H3;1H. The van der Waals surface area contributed by atoms with Crippen molar-refractivity contribution in [3.8, 4) is 5.75 Å². The fourth-order valence-corrected chi connectivity index (χ4v) is 4.36. The number of carbonyl (C=O) groups is 1. The topological polar surface area (TPSA) is 87.7 Å². The lowest BCUT2D eigenvalue weighted by molar-refractivity contribution is 0.0748. The molecule has 140 valence electrons. The monoisotopic (exact) mass is 389 g/mol. The summed E-state index contributed by atoms with van der Waals surface area (Å²) in [6.45, 7) is 1.35. The normalized spacial score (nSPS) is 22.9. The molecule has 9 heteroatoms. The highest BCUT2D eigenvalue weighted by Gasteiger charge is 2.32. The average molecular weight is 390 g/mol. The summed E-state index contributed by atoms with van der Waals surface area (Å²) in [7, 11) is -0.962. The van der Waals surface area contributed by atoms with Crippen LogP contribution in [0.1, 0.15) is 29.6 Å². The van der Waals surface area contributed by atoms with Crippen molar-refractivity contribution >= 4 is 28.3 Å². The van der Waals surface area contributed by atoms with Crippen LogP contribution in [0.5, 0.6) is 5.75 Å². The third-order valence-electron chi connectivity index (χ3n) is 4.78. The second-order valence-corrected chi connectivity index (χ2v) is 8.11. The Morgan fingerprint density at radius 2 is 2.00 bits per heavy atom. The number of nitrogens with zero attached hydrogens (tertiary/aromatic N) is 1. The number of hydrogen-bond acceptors (Lipinski definition) is 5. The summed E-state index contributed by atoms with van der Waals surface area (Å²) in [4.78, 5) is 14.6. The molecule has 2 aliphatic heterocycles. The van der Waals surface area contributed by atoms with E-state index in [1.165, 1.54) is 32.7 Å². The van der Waals surface area contributed by atoms with Crippen LogP contribution in [0.2, 0.25) is 0 Å². The minimum Gasteiger partial charge on any atom is -0.495 e. The smallest absolute Gasteiger partial charge is 0.253 e. The number of fused-ring (bicyclic) bond motifs is 2. The molecule has 3 rings (SSSR count). The number of halogens is 1. The van der Waals surface area contributed by atoms with Crippen LogP contribution in [0.25, 0.3) is 0 Å². The zero-order chi connectivity index (χ0) is 17.3. The highest BCUT2D eigenvalue weighted by atomic mass is 35.5. The molecule has 1 aromatic rings. The number of ether oxygens (including phenoxy) is 1. The Morgan fingerprint density at radius 1 is 1.28 bits per heavy atom. The van der Waals surface area contributed by atoms with Crippen LogP contribution >= 0.6 is 12.4 Å². The quantitative estimate of drug-likeness (QED) is 0.801. The van der Waals surface area contributed by atoms with Gasteiger partial charge in [-0.25, -0.2) is 13.1 Å².